The number of hydrogen-bond acceptors (Lipinski definition) is 3. The molecule has 1 fully saturated rings. The third-order valence-corrected chi connectivity index (χ3v) is 3.60. The van der Waals surface area contributed by atoms with Gasteiger partial charge in [-0.2, -0.15) is 0 Å². The van der Waals surface area contributed by atoms with Gasteiger partial charge in [-0.1, -0.05) is 29.8 Å². The minimum Gasteiger partial charge on any atom is -0.378 e. The highest BCUT2D eigenvalue weighted by Gasteiger charge is 2.21. The van der Waals surface area contributed by atoms with Crippen molar-refractivity contribution >= 4 is 11.6 Å². The highest BCUT2D eigenvalue weighted by atomic mass is 35.5. The lowest BCUT2D eigenvalue weighted by atomic mass is 9.97. The summed E-state index contributed by atoms with van der Waals surface area (Å²) >= 11 is 6.18. The van der Waals surface area contributed by atoms with Gasteiger partial charge in [-0.15, -0.1) is 0 Å². The molecule has 3 nitrogen and oxygen atoms in total. The maximum absolute atomic E-state index is 6.18. The number of nitrogens with one attached hydrogen (secondary N) is 1. The predicted octanol–water partition coefficient (Wildman–Crippen LogP) is 2.80. The zero-order valence-electron chi connectivity index (χ0n) is 9.86. The van der Waals surface area contributed by atoms with Crippen LogP contribution < -0.4 is 11.3 Å². The van der Waals surface area contributed by atoms with Gasteiger partial charge in [-0.25, -0.2) is 0 Å². The molecular formula is C13H19ClN2O. The molecule has 0 amide bonds. The van der Waals surface area contributed by atoms with E-state index in [0.29, 0.717) is 6.10 Å². The zero-order chi connectivity index (χ0) is 12.1. The minimum absolute atomic E-state index is 0.0619. The van der Waals surface area contributed by atoms with Crippen molar-refractivity contribution < 1.29 is 4.74 Å². The number of halogens is 1. The summed E-state index contributed by atoms with van der Waals surface area (Å²) in [5.74, 6) is 5.63. The molecule has 1 aromatic carbocycles. The Morgan fingerprint density at radius 2 is 2.24 bits per heavy atom. The van der Waals surface area contributed by atoms with Crippen molar-refractivity contribution in [2.24, 2.45) is 5.84 Å². The fourth-order valence-corrected chi connectivity index (χ4v) is 2.57. The first-order valence-electron chi connectivity index (χ1n) is 6.13. The molecule has 1 saturated heterocycles. The quantitative estimate of drug-likeness (QED) is 0.642. The Labute approximate surface area is 107 Å². The molecule has 3 N–H and O–H groups in total. The Morgan fingerprint density at radius 3 is 2.88 bits per heavy atom. The Balaban J connectivity index is 2.03. The highest BCUT2D eigenvalue weighted by Crippen LogP contribution is 2.28. The number of nitrogens with two attached hydrogens (primary N) is 1. The van der Waals surface area contributed by atoms with Crippen LogP contribution in [-0.4, -0.2) is 12.7 Å². The summed E-state index contributed by atoms with van der Waals surface area (Å²) in [7, 11) is 0. The van der Waals surface area contributed by atoms with Crippen molar-refractivity contribution in [2.75, 3.05) is 6.61 Å². The molecule has 1 heterocycles. The minimum atomic E-state index is 0.0619. The van der Waals surface area contributed by atoms with Gasteiger partial charge >= 0.3 is 0 Å². The molecule has 4 heteroatoms. The van der Waals surface area contributed by atoms with Crippen molar-refractivity contribution in [3.05, 3.63) is 34.9 Å². The molecule has 94 valence electrons. The van der Waals surface area contributed by atoms with Crippen molar-refractivity contribution in [3.63, 3.8) is 0 Å². The molecule has 1 aromatic rings. The first-order chi connectivity index (χ1) is 8.31. The molecule has 0 saturated carbocycles. The average Bonchev–Trinajstić information content (AvgIpc) is 2.38. The number of hydrogen-bond donors (Lipinski definition) is 2. The van der Waals surface area contributed by atoms with Crippen LogP contribution in [0.25, 0.3) is 0 Å². The molecule has 2 atom stereocenters. The van der Waals surface area contributed by atoms with Crippen LogP contribution >= 0.6 is 11.6 Å². The van der Waals surface area contributed by atoms with E-state index in [1.54, 1.807) is 0 Å². The molecular weight excluding hydrogens is 236 g/mol. The summed E-state index contributed by atoms with van der Waals surface area (Å²) in [5.41, 5.74) is 3.89. The van der Waals surface area contributed by atoms with E-state index in [4.69, 9.17) is 22.2 Å². The molecule has 0 bridgehead atoms. The lowest BCUT2D eigenvalue weighted by Crippen LogP contribution is -2.33. The van der Waals surface area contributed by atoms with Crippen LogP contribution in [0.2, 0.25) is 5.02 Å². The second-order valence-electron chi connectivity index (χ2n) is 4.47. The fourth-order valence-electron chi connectivity index (χ4n) is 2.30. The summed E-state index contributed by atoms with van der Waals surface area (Å²) in [6, 6.07) is 7.87. The van der Waals surface area contributed by atoms with Gasteiger partial charge in [0, 0.05) is 17.7 Å². The number of hydrazine groups is 1. The first kappa shape index (κ1) is 12.8. The second kappa shape index (κ2) is 6.36. The molecule has 17 heavy (non-hydrogen) atoms. The van der Waals surface area contributed by atoms with E-state index in [9.17, 15) is 0 Å². The summed E-state index contributed by atoms with van der Waals surface area (Å²) in [5, 5.41) is 0.756. The predicted molar refractivity (Wildman–Crippen MR) is 69.7 cm³/mol. The molecule has 1 aliphatic rings. The summed E-state index contributed by atoms with van der Waals surface area (Å²) in [6.45, 7) is 0.866. The van der Waals surface area contributed by atoms with E-state index in [-0.39, 0.29) is 6.04 Å². The van der Waals surface area contributed by atoms with E-state index in [1.807, 2.05) is 24.3 Å². The van der Waals surface area contributed by atoms with Crippen LogP contribution in [0, 0.1) is 0 Å². The molecule has 0 aromatic heterocycles. The summed E-state index contributed by atoms with van der Waals surface area (Å²) in [4.78, 5) is 0. The Bertz CT molecular complexity index is 353. The highest BCUT2D eigenvalue weighted by molar-refractivity contribution is 6.31. The van der Waals surface area contributed by atoms with Crippen molar-refractivity contribution in [1.82, 2.24) is 5.43 Å². The largest absolute Gasteiger partial charge is 0.378 e. The average molecular weight is 255 g/mol. The third kappa shape index (κ3) is 3.42. The van der Waals surface area contributed by atoms with Crippen LogP contribution in [-0.2, 0) is 4.74 Å². The number of rotatable bonds is 4. The lowest BCUT2D eigenvalue weighted by Gasteiger charge is -2.27. The van der Waals surface area contributed by atoms with Crippen LogP contribution in [0.3, 0.4) is 0 Å². The maximum atomic E-state index is 6.18. The summed E-state index contributed by atoms with van der Waals surface area (Å²) in [6.07, 6.45) is 4.69. The van der Waals surface area contributed by atoms with Crippen molar-refractivity contribution in [1.29, 1.82) is 0 Å². The topological polar surface area (TPSA) is 47.3 Å². The van der Waals surface area contributed by atoms with Crippen molar-refractivity contribution in [2.45, 2.75) is 37.8 Å². The SMILES string of the molecule is NNC(CC1CCCCO1)c1ccccc1Cl. The van der Waals surface area contributed by atoms with E-state index in [1.165, 1.54) is 12.8 Å². The van der Waals surface area contributed by atoms with E-state index >= 15 is 0 Å². The molecule has 0 aliphatic carbocycles. The van der Waals surface area contributed by atoms with Gasteiger partial charge in [0.1, 0.15) is 0 Å². The third-order valence-electron chi connectivity index (χ3n) is 3.25. The monoisotopic (exact) mass is 254 g/mol. The molecule has 1 aliphatic heterocycles. The summed E-state index contributed by atoms with van der Waals surface area (Å²) < 4.78 is 5.73. The number of ether oxygens (including phenoxy) is 1. The Hall–Kier alpha value is -0.610. The first-order valence-corrected chi connectivity index (χ1v) is 6.51. The van der Waals surface area contributed by atoms with Gasteiger partial charge in [0.25, 0.3) is 0 Å². The van der Waals surface area contributed by atoms with Gasteiger partial charge in [-0.3, -0.25) is 11.3 Å². The second-order valence-corrected chi connectivity index (χ2v) is 4.87. The van der Waals surface area contributed by atoms with Gasteiger partial charge < -0.3 is 4.74 Å². The normalized spacial score (nSPS) is 22.4. The molecule has 2 unspecified atom stereocenters. The van der Waals surface area contributed by atoms with E-state index in [2.05, 4.69) is 5.43 Å². The van der Waals surface area contributed by atoms with Gasteiger partial charge in [-0.05, 0) is 37.3 Å². The van der Waals surface area contributed by atoms with Gasteiger partial charge in [0.2, 0.25) is 0 Å². The van der Waals surface area contributed by atoms with E-state index < -0.39 is 0 Å². The standard InChI is InChI=1S/C13H19ClN2O/c14-12-7-2-1-6-11(12)13(16-15)9-10-5-3-4-8-17-10/h1-2,6-7,10,13,16H,3-5,8-9,15H2. The smallest absolute Gasteiger partial charge is 0.0593 e. The van der Waals surface area contributed by atoms with Gasteiger partial charge in [0.05, 0.1) is 6.10 Å². The van der Waals surface area contributed by atoms with Crippen LogP contribution in [0.1, 0.15) is 37.3 Å². The maximum Gasteiger partial charge on any atom is 0.0593 e. The molecule has 0 radical (unpaired) electrons. The Morgan fingerprint density at radius 1 is 1.41 bits per heavy atom. The molecule has 0 spiro atoms. The number of benzene rings is 1. The zero-order valence-corrected chi connectivity index (χ0v) is 10.6. The van der Waals surface area contributed by atoms with E-state index in [0.717, 1.165) is 30.0 Å². The fraction of sp³-hybridized carbons (Fsp3) is 0.538. The molecule has 2 rings (SSSR count). The lowest BCUT2D eigenvalue weighted by molar-refractivity contribution is 0.00503. The van der Waals surface area contributed by atoms with Crippen LogP contribution in [0.4, 0.5) is 0 Å². The van der Waals surface area contributed by atoms with Gasteiger partial charge in [0.15, 0.2) is 0 Å². The van der Waals surface area contributed by atoms with Crippen molar-refractivity contribution in [3.8, 4) is 0 Å². The van der Waals surface area contributed by atoms with Crippen LogP contribution in [0.15, 0.2) is 24.3 Å². The van der Waals surface area contributed by atoms with Crippen LogP contribution in [0.5, 0.6) is 0 Å². The Kier molecular flexibility index (Phi) is 4.80.